The van der Waals surface area contributed by atoms with Gasteiger partial charge in [-0.15, -0.1) is 0 Å². The Morgan fingerprint density at radius 2 is 1.88 bits per heavy atom. The minimum atomic E-state index is -3.34. The summed E-state index contributed by atoms with van der Waals surface area (Å²) in [7, 11) is -3.34. The predicted octanol–water partition coefficient (Wildman–Crippen LogP) is 2.93. The molecule has 2 N–H and O–H groups in total. The van der Waals surface area contributed by atoms with Gasteiger partial charge in [-0.3, -0.25) is 4.31 Å². The lowest BCUT2D eigenvalue weighted by molar-refractivity contribution is 0.262. The van der Waals surface area contributed by atoms with Crippen LogP contribution in [0.1, 0.15) is 5.56 Å². The number of fused-ring (bicyclic) bond motifs is 1. The van der Waals surface area contributed by atoms with Crippen LogP contribution in [0.3, 0.4) is 0 Å². The van der Waals surface area contributed by atoms with E-state index >= 15 is 0 Å². The fraction of sp³-hybridized carbons (Fsp3) is 0.188. The third kappa shape index (κ3) is 3.71. The van der Waals surface area contributed by atoms with Crippen molar-refractivity contribution in [3.8, 4) is 0 Å². The van der Waals surface area contributed by atoms with E-state index in [1.54, 1.807) is 18.2 Å². The predicted molar refractivity (Wildman–Crippen MR) is 91.3 cm³/mol. The van der Waals surface area contributed by atoms with Crippen LogP contribution in [0.5, 0.6) is 0 Å². The first-order valence-corrected chi connectivity index (χ1v) is 9.22. The molecule has 6 nitrogen and oxygen atoms in total. The average Bonchev–Trinajstić information content (AvgIpc) is 2.93. The molecule has 0 aromatic heterocycles. The van der Waals surface area contributed by atoms with Gasteiger partial charge in [-0.25, -0.2) is 22.0 Å². The Labute approximate surface area is 143 Å². The van der Waals surface area contributed by atoms with E-state index < -0.39 is 27.7 Å². The average molecular weight is 367 g/mol. The minimum absolute atomic E-state index is 0.150. The lowest BCUT2D eigenvalue weighted by atomic mass is 10.1. The van der Waals surface area contributed by atoms with Gasteiger partial charge in [0.1, 0.15) is 11.6 Å². The highest BCUT2D eigenvalue weighted by molar-refractivity contribution is 7.92. The molecular formula is C16H15F2N3O3S. The third-order valence-electron chi connectivity index (χ3n) is 3.77. The van der Waals surface area contributed by atoms with E-state index in [0.29, 0.717) is 30.4 Å². The Morgan fingerprint density at radius 3 is 2.56 bits per heavy atom. The van der Waals surface area contributed by atoms with Crippen LogP contribution in [0, 0.1) is 11.6 Å². The Hall–Kier alpha value is -2.68. The number of benzene rings is 2. The second kappa shape index (κ2) is 6.32. The van der Waals surface area contributed by atoms with Crippen molar-refractivity contribution >= 4 is 33.1 Å². The monoisotopic (exact) mass is 367 g/mol. The molecule has 0 fully saturated rings. The minimum Gasteiger partial charge on any atom is -0.308 e. The molecule has 1 heterocycles. The third-order valence-corrected chi connectivity index (χ3v) is 4.95. The molecule has 0 spiro atoms. The summed E-state index contributed by atoms with van der Waals surface area (Å²) < 4.78 is 51.1. The SMILES string of the molecule is CS(=O)(=O)N1CCc2cc(NC(=O)Nc3ccc(F)cc3F)ccc21. The molecule has 2 aromatic rings. The van der Waals surface area contributed by atoms with Crippen molar-refractivity contribution in [2.24, 2.45) is 0 Å². The van der Waals surface area contributed by atoms with Crippen molar-refractivity contribution in [3.05, 3.63) is 53.6 Å². The summed E-state index contributed by atoms with van der Waals surface area (Å²) in [4.78, 5) is 12.0. The molecule has 9 heteroatoms. The molecule has 2 amide bonds. The van der Waals surface area contributed by atoms with E-state index in [-0.39, 0.29) is 5.69 Å². The van der Waals surface area contributed by atoms with E-state index in [9.17, 15) is 22.0 Å². The van der Waals surface area contributed by atoms with Gasteiger partial charge in [0.25, 0.3) is 0 Å². The number of nitrogens with one attached hydrogen (secondary N) is 2. The number of anilines is 3. The molecule has 0 unspecified atom stereocenters. The standard InChI is InChI=1S/C16H15F2N3O3S/c1-25(23,24)21-7-6-10-8-12(3-5-15(10)21)19-16(22)20-14-4-2-11(17)9-13(14)18/h2-5,8-9H,6-7H2,1H3,(H2,19,20,22). The van der Waals surface area contributed by atoms with Crippen molar-refractivity contribution in [1.29, 1.82) is 0 Å². The van der Waals surface area contributed by atoms with E-state index in [2.05, 4.69) is 10.6 Å². The van der Waals surface area contributed by atoms with Crippen LogP contribution in [-0.2, 0) is 16.4 Å². The summed E-state index contributed by atoms with van der Waals surface area (Å²) in [5.41, 5.74) is 1.66. The highest BCUT2D eigenvalue weighted by Crippen LogP contribution is 2.32. The number of hydrogen-bond donors (Lipinski definition) is 2. The molecule has 3 rings (SSSR count). The summed E-state index contributed by atoms with van der Waals surface area (Å²) in [6, 6.07) is 6.97. The Balaban J connectivity index is 1.73. The molecule has 0 radical (unpaired) electrons. The number of nitrogens with zero attached hydrogens (tertiary/aromatic N) is 1. The van der Waals surface area contributed by atoms with Crippen LogP contribution in [0.15, 0.2) is 36.4 Å². The van der Waals surface area contributed by atoms with Crippen molar-refractivity contribution in [1.82, 2.24) is 0 Å². The summed E-state index contributed by atoms with van der Waals surface area (Å²) in [6.45, 7) is 0.352. The van der Waals surface area contributed by atoms with Gasteiger partial charge >= 0.3 is 6.03 Å². The maximum absolute atomic E-state index is 13.5. The highest BCUT2D eigenvalue weighted by Gasteiger charge is 2.26. The maximum Gasteiger partial charge on any atom is 0.323 e. The van der Waals surface area contributed by atoms with Crippen LogP contribution >= 0.6 is 0 Å². The zero-order valence-corrected chi connectivity index (χ0v) is 14.0. The van der Waals surface area contributed by atoms with Crippen molar-refractivity contribution in [2.45, 2.75) is 6.42 Å². The van der Waals surface area contributed by atoms with Gasteiger partial charge < -0.3 is 10.6 Å². The Bertz CT molecular complexity index is 948. The van der Waals surface area contributed by atoms with Gasteiger partial charge in [-0.1, -0.05) is 0 Å². The van der Waals surface area contributed by atoms with Crippen molar-refractivity contribution in [3.63, 3.8) is 0 Å². The smallest absolute Gasteiger partial charge is 0.308 e. The van der Waals surface area contributed by atoms with E-state index in [1.807, 2.05) is 0 Å². The summed E-state index contributed by atoms with van der Waals surface area (Å²) >= 11 is 0. The van der Waals surface area contributed by atoms with E-state index in [4.69, 9.17) is 0 Å². The van der Waals surface area contributed by atoms with E-state index in [1.165, 1.54) is 4.31 Å². The summed E-state index contributed by atoms with van der Waals surface area (Å²) in [6.07, 6.45) is 1.67. The highest BCUT2D eigenvalue weighted by atomic mass is 32.2. The fourth-order valence-corrected chi connectivity index (χ4v) is 3.63. The largest absolute Gasteiger partial charge is 0.323 e. The fourth-order valence-electron chi connectivity index (χ4n) is 2.67. The Morgan fingerprint density at radius 1 is 1.12 bits per heavy atom. The van der Waals surface area contributed by atoms with Crippen LogP contribution in [0.2, 0.25) is 0 Å². The molecule has 0 aliphatic carbocycles. The lowest BCUT2D eigenvalue weighted by Gasteiger charge is -2.16. The molecular weight excluding hydrogens is 352 g/mol. The maximum atomic E-state index is 13.5. The first-order chi connectivity index (χ1) is 11.7. The first kappa shape index (κ1) is 17.2. The number of halogens is 2. The number of carbonyl (C=O) groups is 1. The number of carbonyl (C=O) groups excluding carboxylic acids is 1. The molecule has 0 atom stereocenters. The quantitative estimate of drug-likeness (QED) is 0.876. The van der Waals surface area contributed by atoms with Crippen LogP contribution < -0.4 is 14.9 Å². The van der Waals surface area contributed by atoms with Gasteiger partial charge in [-0.05, 0) is 42.3 Å². The second-order valence-corrected chi connectivity index (χ2v) is 7.54. The molecule has 132 valence electrons. The van der Waals surface area contributed by atoms with Crippen LogP contribution in [0.4, 0.5) is 30.6 Å². The van der Waals surface area contributed by atoms with Gasteiger partial charge in [-0.2, -0.15) is 0 Å². The molecule has 25 heavy (non-hydrogen) atoms. The van der Waals surface area contributed by atoms with Gasteiger partial charge in [0, 0.05) is 18.3 Å². The normalized spacial score (nSPS) is 13.5. The number of hydrogen-bond acceptors (Lipinski definition) is 3. The van der Waals surface area contributed by atoms with Gasteiger partial charge in [0.15, 0.2) is 0 Å². The molecule has 0 saturated heterocycles. The number of amides is 2. The number of urea groups is 1. The Kier molecular flexibility index (Phi) is 4.34. The summed E-state index contributed by atoms with van der Waals surface area (Å²) in [5, 5.41) is 4.83. The lowest BCUT2D eigenvalue weighted by Crippen LogP contribution is -2.27. The summed E-state index contributed by atoms with van der Waals surface area (Å²) in [5.74, 6) is -1.62. The molecule has 1 aliphatic rings. The second-order valence-electron chi connectivity index (χ2n) is 5.63. The topological polar surface area (TPSA) is 78.5 Å². The van der Waals surface area contributed by atoms with E-state index in [0.717, 1.165) is 24.0 Å². The van der Waals surface area contributed by atoms with Gasteiger partial charge in [0.2, 0.25) is 10.0 Å². The van der Waals surface area contributed by atoms with Crippen molar-refractivity contribution in [2.75, 3.05) is 27.7 Å². The zero-order valence-electron chi connectivity index (χ0n) is 13.2. The number of rotatable bonds is 3. The molecule has 2 aromatic carbocycles. The van der Waals surface area contributed by atoms with Crippen LogP contribution in [-0.4, -0.2) is 27.2 Å². The molecule has 0 saturated carbocycles. The number of sulfonamides is 1. The van der Waals surface area contributed by atoms with Gasteiger partial charge in [0.05, 0.1) is 17.6 Å². The van der Waals surface area contributed by atoms with Crippen LogP contribution in [0.25, 0.3) is 0 Å². The molecule has 1 aliphatic heterocycles. The first-order valence-electron chi connectivity index (χ1n) is 7.38. The zero-order chi connectivity index (χ0) is 18.2. The van der Waals surface area contributed by atoms with Crippen molar-refractivity contribution < 1.29 is 22.0 Å². The molecule has 0 bridgehead atoms.